The highest BCUT2D eigenvalue weighted by Crippen LogP contribution is 2.17. The number of carbonyl (C=O) groups excluding carboxylic acids is 1. The van der Waals surface area contributed by atoms with Crippen LogP contribution in [0.5, 0.6) is 0 Å². The molecule has 7 heteroatoms. The lowest BCUT2D eigenvalue weighted by atomic mass is 10.1. The van der Waals surface area contributed by atoms with Crippen LogP contribution in [0.3, 0.4) is 0 Å². The van der Waals surface area contributed by atoms with E-state index in [0.717, 1.165) is 36.9 Å². The highest BCUT2D eigenvalue weighted by molar-refractivity contribution is 7.99. The first-order chi connectivity index (χ1) is 11.7. The first-order valence-electron chi connectivity index (χ1n) is 8.15. The number of ether oxygens (including phenoxy) is 1. The zero-order valence-corrected chi connectivity index (χ0v) is 14.6. The molecule has 2 aromatic rings. The summed E-state index contributed by atoms with van der Waals surface area (Å²) in [6, 6.07) is 10.2. The van der Waals surface area contributed by atoms with E-state index >= 15 is 0 Å². The van der Waals surface area contributed by atoms with Gasteiger partial charge in [0.05, 0.1) is 11.9 Å². The quantitative estimate of drug-likeness (QED) is 0.774. The van der Waals surface area contributed by atoms with Crippen LogP contribution in [0.25, 0.3) is 0 Å². The van der Waals surface area contributed by atoms with Gasteiger partial charge in [0.15, 0.2) is 5.16 Å². The molecule has 0 aliphatic carbocycles. The fraction of sp³-hybridized carbons (Fsp3) is 0.471. The zero-order valence-electron chi connectivity index (χ0n) is 13.8. The zero-order chi connectivity index (χ0) is 16.8. The second-order valence-corrected chi connectivity index (χ2v) is 6.79. The maximum absolute atomic E-state index is 11.9. The van der Waals surface area contributed by atoms with Crippen LogP contribution in [0.15, 0.2) is 35.5 Å². The standard InChI is InChI=1S/C17H22N4O2S/c1-21-15(10-13-6-3-2-4-7-13)19-20-17(21)24-12-16(22)18-11-14-8-5-9-23-14/h2-4,6-7,14H,5,8-12H2,1H3,(H,18,22)/t14-/m0/s1. The maximum Gasteiger partial charge on any atom is 0.230 e. The van der Waals surface area contributed by atoms with Crippen LogP contribution in [-0.2, 0) is 23.0 Å². The molecule has 1 fully saturated rings. The monoisotopic (exact) mass is 346 g/mol. The summed E-state index contributed by atoms with van der Waals surface area (Å²) in [5.41, 5.74) is 1.19. The lowest BCUT2D eigenvalue weighted by molar-refractivity contribution is -0.119. The van der Waals surface area contributed by atoms with Gasteiger partial charge in [0.2, 0.25) is 5.91 Å². The number of carbonyl (C=O) groups is 1. The molecule has 128 valence electrons. The van der Waals surface area contributed by atoms with E-state index in [-0.39, 0.29) is 12.0 Å². The number of thioether (sulfide) groups is 1. The molecule has 0 spiro atoms. The molecule has 0 bridgehead atoms. The average Bonchev–Trinajstić information content (AvgIpc) is 3.23. The summed E-state index contributed by atoms with van der Waals surface area (Å²) < 4.78 is 7.45. The molecule has 0 saturated carbocycles. The van der Waals surface area contributed by atoms with Crippen LogP contribution >= 0.6 is 11.8 Å². The van der Waals surface area contributed by atoms with E-state index in [2.05, 4.69) is 27.6 Å². The van der Waals surface area contributed by atoms with Gasteiger partial charge < -0.3 is 14.6 Å². The molecular weight excluding hydrogens is 324 g/mol. The van der Waals surface area contributed by atoms with Crippen molar-refractivity contribution in [1.82, 2.24) is 20.1 Å². The summed E-state index contributed by atoms with van der Waals surface area (Å²) in [4.78, 5) is 11.9. The first kappa shape index (κ1) is 17.0. The smallest absolute Gasteiger partial charge is 0.230 e. The van der Waals surface area contributed by atoms with E-state index in [0.29, 0.717) is 12.3 Å². The Balaban J connectivity index is 1.47. The van der Waals surface area contributed by atoms with Gasteiger partial charge in [-0.15, -0.1) is 10.2 Å². The first-order valence-corrected chi connectivity index (χ1v) is 9.14. The second-order valence-electron chi connectivity index (χ2n) is 5.85. The van der Waals surface area contributed by atoms with E-state index in [1.54, 1.807) is 0 Å². The van der Waals surface area contributed by atoms with Crippen LogP contribution in [0.4, 0.5) is 0 Å². The Hall–Kier alpha value is -1.86. The van der Waals surface area contributed by atoms with Crippen molar-refractivity contribution in [3.63, 3.8) is 0 Å². The van der Waals surface area contributed by atoms with Crippen molar-refractivity contribution in [3.05, 3.63) is 41.7 Å². The van der Waals surface area contributed by atoms with Crippen molar-refractivity contribution < 1.29 is 9.53 Å². The molecule has 1 amide bonds. The number of rotatable bonds is 7. The lowest BCUT2D eigenvalue weighted by Gasteiger charge is -2.10. The largest absolute Gasteiger partial charge is 0.376 e. The predicted molar refractivity (Wildman–Crippen MR) is 93.0 cm³/mol. The highest BCUT2D eigenvalue weighted by atomic mass is 32.2. The van der Waals surface area contributed by atoms with Gasteiger partial charge in [-0.1, -0.05) is 42.1 Å². The van der Waals surface area contributed by atoms with E-state index < -0.39 is 0 Å². The molecule has 1 aliphatic rings. The predicted octanol–water partition coefficient (Wildman–Crippen LogP) is 1.79. The highest BCUT2D eigenvalue weighted by Gasteiger charge is 2.17. The molecule has 1 aliphatic heterocycles. The SMILES string of the molecule is Cn1c(Cc2ccccc2)nnc1SCC(=O)NC[C@@H]1CCCO1. The van der Waals surface area contributed by atoms with Crippen molar-refractivity contribution in [2.45, 2.75) is 30.5 Å². The topological polar surface area (TPSA) is 69.0 Å². The summed E-state index contributed by atoms with van der Waals surface area (Å²) in [6.07, 6.45) is 3.01. The van der Waals surface area contributed by atoms with Crippen molar-refractivity contribution in [2.75, 3.05) is 18.9 Å². The van der Waals surface area contributed by atoms with Gasteiger partial charge in [-0.05, 0) is 18.4 Å². The third-order valence-corrected chi connectivity index (χ3v) is 5.03. The van der Waals surface area contributed by atoms with Gasteiger partial charge >= 0.3 is 0 Å². The van der Waals surface area contributed by atoms with Crippen LogP contribution in [0, 0.1) is 0 Å². The summed E-state index contributed by atoms with van der Waals surface area (Å²) in [5, 5.41) is 12.1. The van der Waals surface area contributed by atoms with Crippen LogP contribution in [-0.4, -0.2) is 45.7 Å². The van der Waals surface area contributed by atoms with Gasteiger partial charge in [0.1, 0.15) is 5.82 Å². The van der Waals surface area contributed by atoms with Crippen molar-refractivity contribution in [2.24, 2.45) is 7.05 Å². The molecule has 3 rings (SSSR count). The number of aromatic nitrogens is 3. The minimum absolute atomic E-state index is 0.00288. The normalized spacial score (nSPS) is 17.1. The molecule has 1 saturated heterocycles. The molecular formula is C17H22N4O2S. The number of amides is 1. The number of benzene rings is 1. The Kier molecular flexibility index (Phi) is 5.87. The van der Waals surface area contributed by atoms with E-state index in [9.17, 15) is 4.79 Å². The Labute approximate surface area is 146 Å². The summed E-state index contributed by atoms with van der Waals surface area (Å²) in [7, 11) is 1.94. The number of hydrogen-bond donors (Lipinski definition) is 1. The number of hydrogen-bond acceptors (Lipinski definition) is 5. The lowest BCUT2D eigenvalue weighted by Crippen LogP contribution is -2.32. The molecule has 0 radical (unpaired) electrons. The summed E-state index contributed by atoms with van der Waals surface area (Å²) in [6.45, 7) is 1.40. The van der Waals surface area contributed by atoms with Crippen LogP contribution in [0.2, 0.25) is 0 Å². The number of nitrogens with zero attached hydrogens (tertiary/aromatic N) is 3. The van der Waals surface area contributed by atoms with Gasteiger partial charge in [0.25, 0.3) is 0 Å². The summed E-state index contributed by atoms with van der Waals surface area (Å²) >= 11 is 1.41. The van der Waals surface area contributed by atoms with E-state index in [1.807, 2.05) is 29.8 Å². The average molecular weight is 346 g/mol. The minimum Gasteiger partial charge on any atom is -0.376 e. The molecule has 1 N–H and O–H groups in total. The third-order valence-electron chi connectivity index (χ3n) is 4.01. The van der Waals surface area contributed by atoms with Gasteiger partial charge in [-0.2, -0.15) is 0 Å². The fourth-order valence-electron chi connectivity index (χ4n) is 2.62. The van der Waals surface area contributed by atoms with Crippen molar-refractivity contribution >= 4 is 17.7 Å². The molecule has 6 nitrogen and oxygen atoms in total. The van der Waals surface area contributed by atoms with Gasteiger partial charge in [-0.3, -0.25) is 4.79 Å². The van der Waals surface area contributed by atoms with Gasteiger partial charge in [-0.25, -0.2) is 0 Å². The minimum atomic E-state index is 0.00288. The Morgan fingerprint density at radius 3 is 2.96 bits per heavy atom. The van der Waals surface area contributed by atoms with Gasteiger partial charge in [0, 0.05) is 26.6 Å². The van der Waals surface area contributed by atoms with Crippen molar-refractivity contribution in [1.29, 1.82) is 0 Å². The molecule has 24 heavy (non-hydrogen) atoms. The number of nitrogens with one attached hydrogen (secondary N) is 1. The van der Waals surface area contributed by atoms with E-state index in [4.69, 9.17) is 4.74 Å². The Morgan fingerprint density at radius 1 is 1.38 bits per heavy atom. The fourth-order valence-corrected chi connectivity index (χ4v) is 3.38. The Bertz CT molecular complexity index is 668. The van der Waals surface area contributed by atoms with Crippen LogP contribution in [0.1, 0.15) is 24.2 Å². The Morgan fingerprint density at radius 2 is 2.21 bits per heavy atom. The maximum atomic E-state index is 11.9. The van der Waals surface area contributed by atoms with Crippen molar-refractivity contribution in [3.8, 4) is 0 Å². The summed E-state index contributed by atoms with van der Waals surface area (Å²) in [5.74, 6) is 1.23. The molecule has 2 heterocycles. The molecule has 1 aromatic heterocycles. The molecule has 0 unspecified atom stereocenters. The second kappa shape index (κ2) is 8.30. The molecule has 1 atom stereocenters. The third kappa shape index (κ3) is 4.58. The van der Waals surface area contributed by atoms with E-state index in [1.165, 1.54) is 17.3 Å². The van der Waals surface area contributed by atoms with Crippen LogP contribution < -0.4 is 5.32 Å². The molecule has 1 aromatic carbocycles.